The third-order valence-electron chi connectivity index (χ3n) is 3.14. The van der Waals surface area contributed by atoms with E-state index < -0.39 is 0 Å². The van der Waals surface area contributed by atoms with E-state index in [1.807, 2.05) is 24.3 Å². The summed E-state index contributed by atoms with van der Waals surface area (Å²) in [5.74, 6) is 0.220. The van der Waals surface area contributed by atoms with Gasteiger partial charge in [-0.2, -0.15) is 0 Å². The molecular weight excluding hydrogens is 402 g/mol. The van der Waals surface area contributed by atoms with E-state index in [2.05, 4.69) is 47.1 Å². The first-order chi connectivity index (χ1) is 10.0. The number of aromatic hydroxyl groups is 1. The zero-order valence-corrected chi connectivity index (χ0v) is 13.9. The van der Waals surface area contributed by atoms with Crippen LogP contribution in [0.15, 0.2) is 44.1 Å². The van der Waals surface area contributed by atoms with Crippen molar-refractivity contribution in [1.29, 1.82) is 0 Å². The first-order valence-corrected chi connectivity index (χ1v) is 7.75. The van der Waals surface area contributed by atoms with Crippen molar-refractivity contribution in [2.24, 2.45) is 0 Å². The van der Waals surface area contributed by atoms with Gasteiger partial charge < -0.3 is 20.4 Å². The largest absolute Gasteiger partial charge is 0.506 e. The summed E-state index contributed by atoms with van der Waals surface area (Å²) >= 11 is 6.75. The highest BCUT2D eigenvalue weighted by molar-refractivity contribution is 9.11. The van der Waals surface area contributed by atoms with Crippen LogP contribution in [-0.4, -0.2) is 15.1 Å². The number of benzene rings is 2. The number of rotatable bonds is 3. The van der Waals surface area contributed by atoms with Crippen LogP contribution in [0.1, 0.15) is 5.56 Å². The number of phenolic OH excluding ortho intramolecular Hbond substituents is 1. The first-order valence-electron chi connectivity index (χ1n) is 6.16. The van der Waals surface area contributed by atoms with Crippen LogP contribution in [0.3, 0.4) is 0 Å². The van der Waals surface area contributed by atoms with Gasteiger partial charge in [0.25, 0.3) is 0 Å². The van der Waals surface area contributed by atoms with Crippen molar-refractivity contribution in [3.8, 4) is 5.75 Å². The van der Waals surface area contributed by atoms with Crippen LogP contribution in [-0.2, 0) is 6.54 Å². The summed E-state index contributed by atoms with van der Waals surface area (Å²) < 4.78 is 1.49. The fourth-order valence-electron chi connectivity index (χ4n) is 2.08. The molecule has 3 aromatic rings. The smallest absolute Gasteiger partial charge is 0.323 e. The molecule has 0 atom stereocenters. The molecule has 0 unspecified atom stereocenters. The molecule has 7 heteroatoms. The molecule has 0 saturated carbocycles. The summed E-state index contributed by atoms with van der Waals surface area (Å²) in [6.45, 7) is 0.462. The topological polar surface area (TPSA) is 80.9 Å². The number of para-hydroxylation sites is 1. The number of halogens is 2. The normalized spacial score (nSPS) is 11.0. The molecule has 0 bridgehead atoms. The van der Waals surface area contributed by atoms with E-state index in [0.29, 0.717) is 11.0 Å². The fourth-order valence-corrected chi connectivity index (χ4v) is 2.98. The van der Waals surface area contributed by atoms with Crippen LogP contribution in [0.25, 0.3) is 11.0 Å². The molecule has 5 nitrogen and oxygen atoms in total. The number of hydrogen-bond acceptors (Lipinski definition) is 3. The SMILES string of the molecule is O=c1[nH]c2cc(Br)c(NCc3cccc(Br)c3O)cc2[nH]1. The van der Waals surface area contributed by atoms with Gasteiger partial charge in [-0.05, 0) is 50.1 Å². The Bertz CT molecular complexity index is 870. The van der Waals surface area contributed by atoms with E-state index in [1.165, 1.54) is 0 Å². The zero-order chi connectivity index (χ0) is 15.0. The Morgan fingerprint density at radius 2 is 1.81 bits per heavy atom. The van der Waals surface area contributed by atoms with E-state index >= 15 is 0 Å². The highest BCUT2D eigenvalue weighted by Gasteiger charge is 2.08. The Balaban J connectivity index is 1.89. The molecule has 0 saturated heterocycles. The van der Waals surface area contributed by atoms with Crippen LogP contribution in [0.4, 0.5) is 5.69 Å². The number of imidazole rings is 1. The second-order valence-corrected chi connectivity index (χ2v) is 6.27. The lowest BCUT2D eigenvalue weighted by atomic mass is 10.2. The molecule has 4 N–H and O–H groups in total. The molecule has 0 spiro atoms. The molecule has 0 aliphatic heterocycles. The lowest BCUT2D eigenvalue weighted by Gasteiger charge is -2.11. The van der Waals surface area contributed by atoms with Crippen molar-refractivity contribution in [3.63, 3.8) is 0 Å². The highest BCUT2D eigenvalue weighted by atomic mass is 79.9. The van der Waals surface area contributed by atoms with Gasteiger partial charge in [0, 0.05) is 16.6 Å². The van der Waals surface area contributed by atoms with Crippen molar-refractivity contribution in [2.75, 3.05) is 5.32 Å². The van der Waals surface area contributed by atoms with Gasteiger partial charge in [0.15, 0.2) is 0 Å². The number of H-pyrrole nitrogens is 2. The standard InChI is InChI=1S/C14H11Br2N3O2/c15-8-3-1-2-7(13(8)20)6-17-10-5-12-11(4-9(10)16)18-14(21)19-12/h1-5,17,20H,6H2,(H2,18,19,21). The maximum Gasteiger partial charge on any atom is 0.323 e. The average molecular weight is 413 g/mol. The molecule has 0 fully saturated rings. The van der Waals surface area contributed by atoms with Gasteiger partial charge in [-0.3, -0.25) is 0 Å². The molecule has 0 aliphatic rings. The molecule has 1 heterocycles. The second-order valence-electron chi connectivity index (χ2n) is 4.56. The van der Waals surface area contributed by atoms with E-state index in [0.717, 1.165) is 26.8 Å². The Morgan fingerprint density at radius 1 is 1.10 bits per heavy atom. The number of phenols is 1. The average Bonchev–Trinajstić information content (AvgIpc) is 2.79. The van der Waals surface area contributed by atoms with Crippen LogP contribution < -0.4 is 11.0 Å². The van der Waals surface area contributed by atoms with Crippen LogP contribution in [0, 0.1) is 0 Å². The predicted molar refractivity (Wildman–Crippen MR) is 89.8 cm³/mol. The molecule has 0 radical (unpaired) electrons. The number of fused-ring (bicyclic) bond motifs is 1. The van der Waals surface area contributed by atoms with Gasteiger partial charge in [0.05, 0.1) is 21.2 Å². The second kappa shape index (κ2) is 5.57. The Kier molecular flexibility index (Phi) is 3.77. The lowest BCUT2D eigenvalue weighted by molar-refractivity contribution is 0.465. The molecule has 108 valence electrons. The van der Waals surface area contributed by atoms with Gasteiger partial charge in [-0.15, -0.1) is 0 Å². The van der Waals surface area contributed by atoms with Gasteiger partial charge >= 0.3 is 5.69 Å². The summed E-state index contributed by atoms with van der Waals surface area (Å²) in [5.41, 5.74) is 2.83. The third-order valence-corrected chi connectivity index (χ3v) is 4.44. The van der Waals surface area contributed by atoms with E-state index in [-0.39, 0.29) is 11.4 Å². The quantitative estimate of drug-likeness (QED) is 0.529. The summed E-state index contributed by atoms with van der Waals surface area (Å²) in [6.07, 6.45) is 0. The number of hydrogen-bond donors (Lipinski definition) is 4. The minimum atomic E-state index is -0.237. The maximum absolute atomic E-state index is 11.3. The molecular formula is C14H11Br2N3O2. The van der Waals surface area contributed by atoms with Gasteiger partial charge in [0.2, 0.25) is 0 Å². The monoisotopic (exact) mass is 411 g/mol. The molecule has 0 aliphatic carbocycles. The van der Waals surface area contributed by atoms with E-state index in [4.69, 9.17) is 0 Å². The predicted octanol–water partition coefficient (Wildman–Crippen LogP) is 3.70. The number of aromatic nitrogens is 2. The molecule has 0 amide bonds. The Hall–Kier alpha value is -1.73. The maximum atomic E-state index is 11.3. The third kappa shape index (κ3) is 2.84. The Labute approximate surface area is 136 Å². The number of aromatic amines is 2. The molecule has 1 aromatic heterocycles. The van der Waals surface area contributed by atoms with Crippen molar-refractivity contribution < 1.29 is 5.11 Å². The van der Waals surface area contributed by atoms with Gasteiger partial charge in [-0.25, -0.2) is 4.79 Å². The summed E-state index contributed by atoms with van der Waals surface area (Å²) in [6, 6.07) is 9.16. The zero-order valence-electron chi connectivity index (χ0n) is 10.7. The van der Waals surface area contributed by atoms with Crippen molar-refractivity contribution >= 4 is 48.6 Å². The Morgan fingerprint density at radius 3 is 2.57 bits per heavy atom. The van der Waals surface area contributed by atoms with Gasteiger partial charge in [0.1, 0.15) is 5.75 Å². The van der Waals surface area contributed by atoms with Crippen molar-refractivity contribution in [2.45, 2.75) is 6.54 Å². The summed E-state index contributed by atoms with van der Waals surface area (Å²) in [7, 11) is 0. The molecule has 2 aromatic carbocycles. The highest BCUT2D eigenvalue weighted by Crippen LogP contribution is 2.30. The number of anilines is 1. The summed E-state index contributed by atoms with van der Waals surface area (Å²) in [4.78, 5) is 16.7. The van der Waals surface area contributed by atoms with Crippen molar-refractivity contribution in [1.82, 2.24) is 9.97 Å². The fraction of sp³-hybridized carbons (Fsp3) is 0.0714. The van der Waals surface area contributed by atoms with Crippen molar-refractivity contribution in [3.05, 3.63) is 55.3 Å². The van der Waals surface area contributed by atoms with Crippen LogP contribution in [0.5, 0.6) is 5.75 Å². The van der Waals surface area contributed by atoms with E-state index in [9.17, 15) is 9.90 Å². The summed E-state index contributed by atoms with van der Waals surface area (Å²) in [5, 5.41) is 13.2. The first kappa shape index (κ1) is 14.2. The lowest BCUT2D eigenvalue weighted by Crippen LogP contribution is -2.00. The minimum Gasteiger partial charge on any atom is -0.506 e. The minimum absolute atomic E-state index is 0.220. The number of nitrogens with one attached hydrogen (secondary N) is 3. The van der Waals surface area contributed by atoms with E-state index in [1.54, 1.807) is 6.07 Å². The molecule has 3 rings (SSSR count). The van der Waals surface area contributed by atoms with Gasteiger partial charge in [-0.1, -0.05) is 12.1 Å². The molecule has 21 heavy (non-hydrogen) atoms. The van der Waals surface area contributed by atoms with Crippen LogP contribution >= 0.6 is 31.9 Å². The van der Waals surface area contributed by atoms with Crippen LogP contribution in [0.2, 0.25) is 0 Å².